The molecule has 0 aliphatic carbocycles. The Morgan fingerprint density at radius 2 is 1.89 bits per heavy atom. The number of nitrogens with one attached hydrogen (secondary N) is 2. The van der Waals surface area contributed by atoms with Crippen molar-refractivity contribution in [1.82, 2.24) is 14.8 Å². The van der Waals surface area contributed by atoms with Crippen LogP contribution in [0.15, 0.2) is 89.2 Å². The highest BCUT2D eigenvalue weighted by atomic mass is 35.5. The van der Waals surface area contributed by atoms with Gasteiger partial charge in [-0.15, -0.1) is 5.10 Å². The molecule has 5 rings (SSSR count). The molecule has 0 radical (unpaired) electrons. The minimum absolute atomic E-state index is 0.203. The van der Waals surface area contributed by atoms with Gasteiger partial charge in [0.15, 0.2) is 0 Å². The van der Waals surface area contributed by atoms with E-state index >= 15 is 0 Å². The predicted molar refractivity (Wildman–Crippen MR) is 153 cm³/mol. The zero-order valence-electron chi connectivity index (χ0n) is 21.4. The summed E-state index contributed by atoms with van der Waals surface area (Å²) < 4.78 is 7.42. The lowest BCUT2D eigenvalue weighted by Gasteiger charge is -2.28. The molecule has 0 spiro atoms. The average molecular weight is 546 g/mol. The Bertz CT molecular complexity index is 1500. The fraction of sp³-hybridized carbons (Fsp3) is 0.207. The molecule has 9 heteroatoms. The summed E-state index contributed by atoms with van der Waals surface area (Å²) in [6.45, 7) is 6.41. The Balaban J connectivity index is 1.49. The fourth-order valence-corrected chi connectivity index (χ4v) is 5.50. The standard InChI is InChI=1S/C29H28ClN5O2S/c1-4-37-23-14-12-20(13-15-23)26-25(27(36)32-22-10-7-8-18(2)16-22)19(3)31-28-33-29(34-35(26)28)38-17-21-9-5-6-11-24(21)30/h5-16,26H,4,17H2,1-3H3,(H,32,36)(H,31,33,34). The van der Waals surface area contributed by atoms with Crippen LogP contribution in [0.3, 0.4) is 0 Å². The lowest BCUT2D eigenvalue weighted by Crippen LogP contribution is -2.31. The summed E-state index contributed by atoms with van der Waals surface area (Å²) >= 11 is 7.84. The lowest BCUT2D eigenvalue weighted by molar-refractivity contribution is -0.113. The molecule has 2 N–H and O–H groups in total. The van der Waals surface area contributed by atoms with E-state index in [0.29, 0.717) is 34.1 Å². The van der Waals surface area contributed by atoms with Crippen LogP contribution in [-0.4, -0.2) is 27.3 Å². The molecule has 4 aromatic rings. The zero-order valence-corrected chi connectivity index (χ0v) is 22.9. The summed E-state index contributed by atoms with van der Waals surface area (Å²) in [7, 11) is 0. The van der Waals surface area contributed by atoms with Gasteiger partial charge in [-0.3, -0.25) is 4.79 Å². The minimum Gasteiger partial charge on any atom is -0.494 e. The molecule has 1 aliphatic heterocycles. The molecule has 1 atom stereocenters. The third-order valence-electron chi connectivity index (χ3n) is 6.18. The molecule has 1 aliphatic rings. The smallest absolute Gasteiger partial charge is 0.255 e. The molecule has 0 saturated heterocycles. The second-order valence-electron chi connectivity index (χ2n) is 8.93. The number of fused-ring (bicyclic) bond motifs is 1. The van der Waals surface area contributed by atoms with E-state index in [2.05, 4.69) is 10.6 Å². The summed E-state index contributed by atoms with van der Waals surface area (Å²) in [5, 5.41) is 12.5. The quantitative estimate of drug-likeness (QED) is 0.235. The Morgan fingerprint density at radius 1 is 1.11 bits per heavy atom. The van der Waals surface area contributed by atoms with E-state index in [0.717, 1.165) is 33.8 Å². The molecule has 38 heavy (non-hydrogen) atoms. The van der Waals surface area contributed by atoms with E-state index < -0.39 is 6.04 Å². The van der Waals surface area contributed by atoms with Gasteiger partial charge in [0.1, 0.15) is 11.8 Å². The fourth-order valence-electron chi connectivity index (χ4n) is 4.39. The number of anilines is 2. The summed E-state index contributed by atoms with van der Waals surface area (Å²) in [4.78, 5) is 18.4. The molecule has 1 unspecified atom stereocenters. The molecule has 194 valence electrons. The van der Waals surface area contributed by atoms with Crippen LogP contribution in [0.5, 0.6) is 5.75 Å². The first-order valence-corrected chi connectivity index (χ1v) is 13.7. The van der Waals surface area contributed by atoms with Gasteiger partial charge < -0.3 is 15.4 Å². The van der Waals surface area contributed by atoms with Gasteiger partial charge >= 0.3 is 0 Å². The largest absolute Gasteiger partial charge is 0.494 e. The van der Waals surface area contributed by atoms with E-state index in [1.54, 1.807) is 4.68 Å². The van der Waals surface area contributed by atoms with E-state index in [4.69, 9.17) is 26.4 Å². The van der Waals surface area contributed by atoms with E-state index in [1.807, 2.05) is 93.6 Å². The molecule has 1 aromatic heterocycles. The molecular formula is C29H28ClN5O2S. The number of carbonyl (C=O) groups is 1. The Hall–Kier alpha value is -3.75. The van der Waals surface area contributed by atoms with Crippen LogP contribution in [0.4, 0.5) is 11.6 Å². The van der Waals surface area contributed by atoms with E-state index in [-0.39, 0.29) is 5.91 Å². The number of halogens is 1. The van der Waals surface area contributed by atoms with Crippen molar-refractivity contribution in [2.45, 2.75) is 37.7 Å². The van der Waals surface area contributed by atoms with E-state index in [1.165, 1.54) is 11.8 Å². The van der Waals surface area contributed by atoms with Crippen LogP contribution >= 0.6 is 23.4 Å². The highest BCUT2D eigenvalue weighted by Gasteiger charge is 2.34. The van der Waals surface area contributed by atoms with Crippen LogP contribution in [0.1, 0.15) is 36.6 Å². The van der Waals surface area contributed by atoms with Crippen molar-refractivity contribution in [2.24, 2.45) is 0 Å². The number of aromatic nitrogens is 3. The number of amides is 1. The highest BCUT2D eigenvalue weighted by molar-refractivity contribution is 7.98. The summed E-state index contributed by atoms with van der Waals surface area (Å²) in [5.74, 6) is 1.77. The predicted octanol–water partition coefficient (Wildman–Crippen LogP) is 6.86. The van der Waals surface area contributed by atoms with Gasteiger partial charge in [0.2, 0.25) is 11.1 Å². The van der Waals surface area contributed by atoms with E-state index in [9.17, 15) is 4.79 Å². The normalized spacial score (nSPS) is 14.6. The third kappa shape index (κ3) is 5.56. The number of hydrogen-bond acceptors (Lipinski definition) is 6. The van der Waals surface area contributed by atoms with Crippen molar-refractivity contribution in [1.29, 1.82) is 0 Å². The van der Waals surface area contributed by atoms with Crippen molar-refractivity contribution < 1.29 is 9.53 Å². The summed E-state index contributed by atoms with van der Waals surface area (Å²) in [6, 6.07) is 22.8. The van der Waals surface area contributed by atoms with Crippen molar-refractivity contribution in [3.8, 4) is 5.75 Å². The molecule has 3 aromatic carbocycles. The molecule has 1 amide bonds. The SMILES string of the molecule is CCOc1ccc(C2C(C(=O)Nc3cccc(C)c3)=C(C)Nc3nc(SCc4ccccc4Cl)nn32)cc1. The number of benzene rings is 3. The minimum atomic E-state index is -0.478. The number of carbonyl (C=O) groups excluding carboxylic acids is 1. The number of aryl methyl sites for hydroxylation is 1. The van der Waals surface area contributed by atoms with Crippen LogP contribution in [0.2, 0.25) is 5.02 Å². The maximum Gasteiger partial charge on any atom is 0.255 e. The van der Waals surface area contributed by atoms with Crippen molar-refractivity contribution in [3.05, 3.63) is 106 Å². The van der Waals surface area contributed by atoms with Gasteiger partial charge in [0.25, 0.3) is 5.91 Å². The van der Waals surface area contributed by atoms with Crippen molar-refractivity contribution in [3.63, 3.8) is 0 Å². The van der Waals surface area contributed by atoms with Gasteiger partial charge in [0, 0.05) is 22.2 Å². The first-order valence-electron chi connectivity index (χ1n) is 12.3. The van der Waals surface area contributed by atoms with Crippen LogP contribution in [0, 0.1) is 6.92 Å². The van der Waals surface area contributed by atoms with Gasteiger partial charge in [0.05, 0.1) is 12.2 Å². The summed E-state index contributed by atoms with van der Waals surface area (Å²) in [6.07, 6.45) is 0. The number of nitrogens with zero attached hydrogens (tertiary/aromatic N) is 3. The van der Waals surface area contributed by atoms with Crippen LogP contribution in [-0.2, 0) is 10.5 Å². The molecule has 0 fully saturated rings. The molecule has 7 nitrogen and oxygen atoms in total. The number of ether oxygens (including phenoxy) is 1. The Kier molecular flexibility index (Phi) is 7.72. The topological polar surface area (TPSA) is 81.1 Å². The molecule has 0 saturated carbocycles. The Morgan fingerprint density at radius 3 is 2.63 bits per heavy atom. The third-order valence-corrected chi connectivity index (χ3v) is 7.43. The maximum absolute atomic E-state index is 13.7. The second kappa shape index (κ2) is 11.3. The second-order valence-corrected chi connectivity index (χ2v) is 10.3. The van der Waals surface area contributed by atoms with Crippen molar-refractivity contribution >= 4 is 40.9 Å². The first-order chi connectivity index (χ1) is 18.4. The maximum atomic E-state index is 13.7. The van der Waals surface area contributed by atoms with Crippen LogP contribution in [0.25, 0.3) is 0 Å². The first kappa shape index (κ1) is 25.9. The number of hydrogen-bond donors (Lipinski definition) is 2. The van der Waals surface area contributed by atoms with Crippen LogP contribution < -0.4 is 15.4 Å². The Labute approximate surface area is 231 Å². The van der Waals surface area contributed by atoms with Gasteiger partial charge in [-0.2, -0.15) is 4.98 Å². The monoisotopic (exact) mass is 545 g/mol. The van der Waals surface area contributed by atoms with Crippen molar-refractivity contribution in [2.75, 3.05) is 17.2 Å². The number of rotatable bonds is 8. The molecule has 0 bridgehead atoms. The molecule has 2 heterocycles. The van der Waals surface area contributed by atoms with Gasteiger partial charge in [-0.25, -0.2) is 4.68 Å². The molecular weight excluding hydrogens is 518 g/mol. The highest BCUT2D eigenvalue weighted by Crippen LogP contribution is 2.38. The number of allylic oxidation sites excluding steroid dienone is 1. The van der Waals surface area contributed by atoms with Gasteiger partial charge in [-0.1, -0.05) is 65.8 Å². The average Bonchev–Trinajstić information content (AvgIpc) is 3.30. The summed E-state index contributed by atoms with van der Waals surface area (Å²) in [5.41, 5.74) is 5.00. The zero-order chi connectivity index (χ0) is 26.6. The number of thioether (sulfide) groups is 1. The lowest BCUT2D eigenvalue weighted by atomic mass is 9.95. The van der Waals surface area contributed by atoms with Gasteiger partial charge in [-0.05, 0) is 67.8 Å².